The summed E-state index contributed by atoms with van der Waals surface area (Å²) in [6.07, 6.45) is 0.794. The predicted molar refractivity (Wildman–Crippen MR) is 63.4 cm³/mol. The first-order valence-electron chi connectivity index (χ1n) is 5.43. The summed E-state index contributed by atoms with van der Waals surface area (Å²) >= 11 is 0. The second-order valence-corrected chi connectivity index (χ2v) is 4.46. The first-order valence-corrected chi connectivity index (χ1v) is 5.43. The molecule has 16 heavy (non-hydrogen) atoms. The zero-order valence-corrected chi connectivity index (χ0v) is 9.49. The highest BCUT2D eigenvalue weighted by Crippen LogP contribution is 2.15. The molecular weight excluding hydrogens is 204 g/mol. The van der Waals surface area contributed by atoms with E-state index >= 15 is 0 Å². The van der Waals surface area contributed by atoms with Crippen LogP contribution in [0.25, 0.3) is 11.1 Å². The lowest BCUT2D eigenvalue weighted by molar-refractivity contribution is 0.490. The van der Waals surface area contributed by atoms with Gasteiger partial charge in [-0.25, -0.2) is 4.79 Å². The third kappa shape index (κ3) is 2.17. The monoisotopic (exact) mass is 220 g/mol. The molecule has 0 bridgehead atoms. The molecule has 1 atom stereocenters. The zero-order chi connectivity index (χ0) is 11.7. The van der Waals surface area contributed by atoms with Crippen LogP contribution in [0.1, 0.15) is 19.4 Å². The van der Waals surface area contributed by atoms with Gasteiger partial charge in [-0.05, 0) is 30.0 Å². The quantitative estimate of drug-likeness (QED) is 0.826. The Balaban J connectivity index is 2.28. The van der Waals surface area contributed by atoms with Crippen LogP contribution in [0.5, 0.6) is 0 Å². The van der Waals surface area contributed by atoms with Crippen LogP contribution in [-0.2, 0) is 6.42 Å². The van der Waals surface area contributed by atoms with E-state index in [4.69, 9.17) is 10.2 Å². The summed E-state index contributed by atoms with van der Waals surface area (Å²) in [7, 11) is 0. The van der Waals surface area contributed by atoms with E-state index in [0.29, 0.717) is 11.5 Å². The molecule has 2 aromatic rings. The van der Waals surface area contributed by atoms with Crippen molar-refractivity contribution in [3.63, 3.8) is 0 Å². The number of H-pyrrole nitrogens is 1. The van der Waals surface area contributed by atoms with Crippen molar-refractivity contribution in [2.24, 2.45) is 11.7 Å². The number of aromatic nitrogens is 1. The van der Waals surface area contributed by atoms with Gasteiger partial charge in [0.1, 0.15) is 0 Å². The Hall–Kier alpha value is -1.55. The molecular formula is C12H16N2O2. The first kappa shape index (κ1) is 11.0. The van der Waals surface area contributed by atoms with Gasteiger partial charge in [-0.1, -0.05) is 19.9 Å². The Morgan fingerprint density at radius 1 is 1.44 bits per heavy atom. The van der Waals surface area contributed by atoms with Crippen LogP contribution < -0.4 is 11.5 Å². The largest absolute Gasteiger partial charge is 0.417 e. The van der Waals surface area contributed by atoms with Gasteiger partial charge >= 0.3 is 5.76 Å². The fraction of sp³-hybridized carbons (Fsp3) is 0.417. The number of benzene rings is 1. The third-order valence-corrected chi connectivity index (χ3v) is 2.81. The van der Waals surface area contributed by atoms with Crippen molar-refractivity contribution in [3.05, 3.63) is 34.3 Å². The molecule has 1 aromatic heterocycles. The van der Waals surface area contributed by atoms with Gasteiger partial charge in [-0.2, -0.15) is 0 Å². The number of aromatic amines is 1. The predicted octanol–water partition coefficient (Wildman–Crippen LogP) is 1.65. The SMILES string of the molecule is CC(C)C(N)Cc1ccc2[nH]c(=O)oc2c1. The molecule has 0 aliphatic rings. The molecule has 0 spiro atoms. The van der Waals surface area contributed by atoms with E-state index in [1.165, 1.54) is 0 Å². The van der Waals surface area contributed by atoms with Crippen molar-refractivity contribution in [2.75, 3.05) is 0 Å². The molecule has 0 amide bonds. The normalized spacial score (nSPS) is 13.5. The van der Waals surface area contributed by atoms with Crippen molar-refractivity contribution in [1.82, 2.24) is 4.98 Å². The molecule has 86 valence electrons. The Kier molecular flexibility index (Phi) is 2.83. The molecule has 2 rings (SSSR count). The Bertz CT molecular complexity index is 539. The maximum atomic E-state index is 11.0. The average molecular weight is 220 g/mol. The number of nitrogens with one attached hydrogen (secondary N) is 1. The van der Waals surface area contributed by atoms with Crippen molar-refractivity contribution in [3.8, 4) is 0 Å². The number of nitrogens with two attached hydrogens (primary N) is 1. The van der Waals surface area contributed by atoms with Crippen LogP contribution in [-0.4, -0.2) is 11.0 Å². The molecule has 4 nitrogen and oxygen atoms in total. The number of fused-ring (bicyclic) bond motifs is 1. The lowest BCUT2D eigenvalue weighted by atomic mass is 9.97. The topological polar surface area (TPSA) is 72.0 Å². The average Bonchev–Trinajstić information content (AvgIpc) is 2.57. The smallest absolute Gasteiger partial charge is 0.408 e. The molecule has 0 aliphatic carbocycles. The van der Waals surface area contributed by atoms with E-state index in [0.717, 1.165) is 17.5 Å². The summed E-state index contributed by atoms with van der Waals surface area (Å²) in [6.45, 7) is 4.19. The fourth-order valence-electron chi connectivity index (χ4n) is 1.62. The fourth-order valence-corrected chi connectivity index (χ4v) is 1.62. The number of hydrogen-bond donors (Lipinski definition) is 2. The summed E-state index contributed by atoms with van der Waals surface area (Å²) in [5.74, 6) is 0.0224. The Morgan fingerprint density at radius 2 is 2.19 bits per heavy atom. The highest BCUT2D eigenvalue weighted by Gasteiger charge is 2.09. The van der Waals surface area contributed by atoms with E-state index in [9.17, 15) is 4.79 Å². The molecule has 0 saturated heterocycles. The molecule has 0 saturated carbocycles. The van der Waals surface area contributed by atoms with Crippen molar-refractivity contribution >= 4 is 11.1 Å². The van der Waals surface area contributed by atoms with Gasteiger partial charge in [0.15, 0.2) is 5.58 Å². The Labute approximate surface area is 93.5 Å². The van der Waals surface area contributed by atoms with Crippen LogP contribution in [0.3, 0.4) is 0 Å². The minimum absolute atomic E-state index is 0.128. The number of rotatable bonds is 3. The molecule has 1 aromatic carbocycles. The molecule has 0 aliphatic heterocycles. The molecule has 1 heterocycles. The maximum Gasteiger partial charge on any atom is 0.417 e. The summed E-state index contributed by atoms with van der Waals surface area (Å²) in [4.78, 5) is 13.6. The van der Waals surface area contributed by atoms with E-state index in [1.807, 2.05) is 18.2 Å². The lowest BCUT2D eigenvalue weighted by Crippen LogP contribution is -2.28. The van der Waals surface area contributed by atoms with E-state index in [2.05, 4.69) is 18.8 Å². The summed E-state index contributed by atoms with van der Waals surface area (Å²) in [5, 5.41) is 0. The standard InChI is InChI=1S/C12H16N2O2/c1-7(2)9(13)5-8-3-4-10-11(6-8)16-12(15)14-10/h3-4,6-7,9H,5,13H2,1-2H3,(H,14,15). The molecule has 0 radical (unpaired) electrons. The van der Waals surface area contributed by atoms with Crippen molar-refractivity contribution in [2.45, 2.75) is 26.3 Å². The van der Waals surface area contributed by atoms with E-state index in [1.54, 1.807) is 0 Å². The van der Waals surface area contributed by atoms with Crippen LogP contribution in [0.15, 0.2) is 27.4 Å². The van der Waals surface area contributed by atoms with Gasteiger partial charge in [-0.3, -0.25) is 4.98 Å². The molecule has 3 N–H and O–H groups in total. The van der Waals surface area contributed by atoms with Crippen molar-refractivity contribution < 1.29 is 4.42 Å². The van der Waals surface area contributed by atoms with E-state index in [-0.39, 0.29) is 6.04 Å². The minimum Gasteiger partial charge on any atom is -0.408 e. The maximum absolute atomic E-state index is 11.0. The summed E-state index contributed by atoms with van der Waals surface area (Å²) in [5.41, 5.74) is 8.42. The van der Waals surface area contributed by atoms with Crippen LogP contribution in [0, 0.1) is 5.92 Å². The van der Waals surface area contributed by atoms with Gasteiger partial charge in [0, 0.05) is 6.04 Å². The minimum atomic E-state index is -0.416. The van der Waals surface area contributed by atoms with Gasteiger partial charge in [0.25, 0.3) is 0 Å². The summed E-state index contributed by atoms with van der Waals surface area (Å²) < 4.78 is 5.00. The first-order chi connectivity index (χ1) is 7.56. The van der Waals surface area contributed by atoms with Crippen LogP contribution >= 0.6 is 0 Å². The number of oxazole rings is 1. The summed E-state index contributed by atoms with van der Waals surface area (Å²) in [6, 6.07) is 5.82. The molecule has 4 heteroatoms. The zero-order valence-electron chi connectivity index (χ0n) is 9.49. The van der Waals surface area contributed by atoms with Gasteiger partial charge in [0.2, 0.25) is 0 Å². The van der Waals surface area contributed by atoms with E-state index < -0.39 is 5.76 Å². The second-order valence-electron chi connectivity index (χ2n) is 4.46. The highest BCUT2D eigenvalue weighted by atomic mass is 16.4. The second kappa shape index (κ2) is 4.14. The van der Waals surface area contributed by atoms with Gasteiger partial charge < -0.3 is 10.2 Å². The number of hydrogen-bond acceptors (Lipinski definition) is 3. The van der Waals surface area contributed by atoms with Crippen molar-refractivity contribution in [1.29, 1.82) is 0 Å². The lowest BCUT2D eigenvalue weighted by Gasteiger charge is -2.15. The van der Waals surface area contributed by atoms with Gasteiger partial charge in [0.05, 0.1) is 5.52 Å². The Morgan fingerprint density at radius 3 is 2.88 bits per heavy atom. The van der Waals surface area contributed by atoms with Gasteiger partial charge in [-0.15, -0.1) is 0 Å². The highest BCUT2D eigenvalue weighted by molar-refractivity contribution is 5.72. The van der Waals surface area contributed by atoms with Crippen LogP contribution in [0.2, 0.25) is 0 Å². The molecule has 0 fully saturated rings. The third-order valence-electron chi connectivity index (χ3n) is 2.81. The molecule has 1 unspecified atom stereocenters. The van der Waals surface area contributed by atoms with Crippen LogP contribution in [0.4, 0.5) is 0 Å².